The van der Waals surface area contributed by atoms with E-state index in [-0.39, 0.29) is 23.6 Å². The first-order chi connectivity index (χ1) is 26.6. The largest absolute Gasteiger partial charge is 0.497 e. The Morgan fingerprint density at radius 1 is 0.945 bits per heavy atom. The average Bonchev–Trinajstić information content (AvgIpc) is 3.93. The van der Waals surface area contributed by atoms with E-state index in [4.69, 9.17) is 9.84 Å². The quantitative estimate of drug-likeness (QED) is 0.213. The number of fused-ring (bicyclic) bond motifs is 7. The first kappa shape index (κ1) is 36.2. The van der Waals surface area contributed by atoms with E-state index >= 15 is 0 Å². The lowest BCUT2D eigenvalue weighted by atomic mass is 9.81. The van der Waals surface area contributed by atoms with E-state index < -0.39 is 16.1 Å². The molecule has 2 saturated heterocycles. The second kappa shape index (κ2) is 13.9. The molecule has 13 heteroatoms. The Hall–Kier alpha value is -4.46. The Balaban J connectivity index is 1.24. The molecule has 5 aliphatic rings. The van der Waals surface area contributed by atoms with Gasteiger partial charge in [-0.25, -0.2) is 4.72 Å². The molecule has 0 spiro atoms. The predicted molar refractivity (Wildman–Crippen MR) is 213 cm³/mol. The third-order valence-corrected chi connectivity index (χ3v) is 14.4. The van der Waals surface area contributed by atoms with Gasteiger partial charge in [0.1, 0.15) is 5.75 Å². The molecule has 55 heavy (non-hydrogen) atoms. The number of ether oxygens (including phenoxy) is 1. The summed E-state index contributed by atoms with van der Waals surface area (Å²) in [4.78, 5) is 32.9. The first-order valence-electron chi connectivity index (χ1n) is 20.0. The van der Waals surface area contributed by atoms with Crippen molar-refractivity contribution in [1.82, 2.24) is 33.2 Å². The van der Waals surface area contributed by atoms with Crippen LogP contribution in [0.3, 0.4) is 0 Å². The highest BCUT2D eigenvalue weighted by Gasteiger charge is 2.46. The summed E-state index contributed by atoms with van der Waals surface area (Å²) >= 11 is 0. The highest BCUT2D eigenvalue weighted by molar-refractivity contribution is 7.87. The van der Waals surface area contributed by atoms with Crippen LogP contribution in [0.4, 0.5) is 0 Å². The summed E-state index contributed by atoms with van der Waals surface area (Å²) in [5, 5.41) is 6.04. The van der Waals surface area contributed by atoms with Gasteiger partial charge in [-0.3, -0.25) is 19.2 Å². The Labute approximate surface area is 323 Å². The average molecular weight is 766 g/mol. The summed E-state index contributed by atoms with van der Waals surface area (Å²) in [6.07, 6.45) is 13.8. The van der Waals surface area contributed by atoms with Crippen molar-refractivity contribution in [3.05, 3.63) is 70.5 Å². The second-order valence-electron chi connectivity index (χ2n) is 16.3. The zero-order valence-electron chi connectivity index (χ0n) is 32.3. The lowest BCUT2D eigenvalue weighted by Gasteiger charge is -2.34. The number of hydrogen-bond acceptors (Lipinski definition) is 7. The zero-order valence-corrected chi connectivity index (χ0v) is 33.1. The van der Waals surface area contributed by atoms with Crippen molar-refractivity contribution in [1.29, 1.82) is 0 Å². The van der Waals surface area contributed by atoms with Gasteiger partial charge in [0.15, 0.2) is 0 Å². The van der Waals surface area contributed by atoms with E-state index in [2.05, 4.69) is 48.9 Å². The third kappa shape index (κ3) is 6.09. The van der Waals surface area contributed by atoms with E-state index in [1.165, 1.54) is 26.1 Å². The van der Waals surface area contributed by atoms with Crippen LogP contribution in [-0.2, 0) is 16.8 Å². The molecule has 3 aliphatic heterocycles. The molecule has 1 N–H and O–H groups in total. The number of likely N-dealkylation sites (tertiary alicyclic amines) is 2. The van der Waals surface area contributed by atoms with Crippen LogP contribution in [0.15, 0.2) is 42.6 Å². The van der Waals surface area contributed by atoms with Crippen molar-refractivity contribution >= 4 is 44.6 Å². The van der Waals surface area contributed by atoms with Crippen LogP contribution in [-0.4, -0.2) is 102 Å². The zero-order chi connectivity index (χ0) is 38.2. The van der Waals surface area contributed by atoms with Crippen molar-refractivity contribution in [2.75, 3.05) is 40.8 Å². The van der Waals surface area contributed by atoms with Gasteiger partial charge >= 0.3 is 10.2 Å². The fourth-order valence-corrected chi connectivity index (χ4v) is 10.4. The SMILES string of the molecule is CCN1C[C@@H]2C[C@H]1CN2C(=O)c1cnn(C2CCC2)c1C1=Cc2cc(OC)ccc2-c2c(C3CCCCC3)c3ccc(C(=O)NS(=O)(=O)N(C)C)cc3n2C1. The van der Waals surface area contributed by atoms with Gasteiger partial charge in [0, 0.05) is 61.3 Å². The van der Waals surface area contributed by atoms with Gasteiger partial charge in [0.05, 0.1) is 42.8 Å². The van der Waals surface area contributed by atoms with Crippen molar-refractivity contribution in [3.63, 3.8) is 0 Å². The molecule has 2 bridgehead atoms. The maximum absolute atomic E-state index is 14.7. The Morgan fingerprint density at radius 2 is 1.75 bits per heavy atom. The van der Waals surface area contributed by atoms with Gasteiger partial charge in [-0.05, 0) is 104 Å². The minimum Gasteiger partial charge on any atom is -0.497 e. The van der Waals surface area contributed by atoms with Gasteiger partial charge < -0.3 is 14.2 Å². The fourth-order valence-electron chi connectivity index (χ4n) is 9.88. The summed E-state index contributed by atoms with van der Waals surface area (Å²) in [5.41, 5.74) is 8.02. The van der Waals surface area contributed by atoms with Crippen LogP contribution in [0.2, 0.25) is 0 Å². The van der Waals surface area contributed by atoms with Gasteiger partial charge in [0.25, 0.3) is 11.8 Å². The summed E-state index contributed by atoms with van der Waals surface area (Å²) in [6, 6.07) is 12.6. The molecule has 290 valence electrons. The number of carbonyl (C=O) groups is 2. The number of hydrogen-bond donors (Lipinski definition) is 1. The van der Waals surface area contributed by atoms with E-state index in [1.54, 1.807) is 19.4 Å². The number of likely N-dealkylation sites (N-methyl/N-ethyl adjacent to an activating group) is 1. The number of carbonyl (C=O) groups excluding carboxylic acids is 2. The topological polar surface area (TPSA) is 122 Å². The van der Waals surface area contributed by atoms with E-state index in [0.29, 0.717) is 24.1 Å². The van der Waals surface area contributed by atoms with Crippen molar-refractivity contribution in [3.8, 4) is 17.0 Å². The Bertz CT molecular complexity index is 2330. The monoisotopic (exact) mass is 765 g/mol. The Kier molecular flexibility index (Phi) is 9.17. The molecule has 4 fully saturated rings. The van der Waals surface area contributed by atoms with E-state index in [1.807, 2.05) is 18.2 Å². The normalized spacial score (nSPS) is 21.7. The molecule has 0 unspecified atom stereocenters. The lowest BCUT2D eigenvalue weighted by molar-refractivity contribution is 0.0630. The van der Waals surface area contributed by atoms with Crippen LogP contribution in [0, 0.1) is 0 Å². The molecule has 2 amide bonds. The maximum Gasteiger partial charge on any atom is 0.303 e. The number of benzene rings is 2. The lowest BCUT2D eigenvalue weighted by Crippen LogP contribution is -2.48. The molecular formula is C42H51N7O5S. The fraction of sp³-hybridized carbons (Fsp3) is 0.500. The van der Waals surface area contributed by atoms with Crippen LogP contribution < -0.4 is 9.46 Å². The van der Waals surface area contributed by atoms with Crippen molar-refractivity contribution in [2.24, 2.45) is 0 Å². The molecule has 0 radical (unpaired) electrons. The number of methoxy groups -OCH3 is 1. The van der Waals surface area contributed by atoms with Gasteiger partial charge in [-0.15, -0.1) is 0 Å². The second-order valence-corrected chi connectivity index (χ2v) is 18.2. The molecule has 2 aromatic carbocycles. The molecule has 2 atom stereocenters. The number of nitrogens with zero attached hydrogens (tertiary/aromatic N) is 6. The minimum absolute atomic E-state index is 0.0429. The van der Waals surface area contributed by atoms with Crippen molar-refractivity contribution < 1.29 is 22.7 Å². The number of amides is 2. The minimum atomic E-state index is -4.00. The van der Waals surface area contributed by atoms with Crippen LogP contribution >= 0.6 is 0 Å². The van der Waals surface area contributed by atoms with Crippen molar-refractivity contribution in [2.45, 2.75) is 95.3 Å². The molecule has 2 aliphatic carbocycles. The Morgan fingerprint density at radius 3 is 2.42 bits per heavy atom. The molecule has 5 heterocycles. The molecular weight excluding hydrogens is 715 g/mol. The highest BCUT2D eigenvalue weighted by atomic mass is 32.2. The standard InChI is InChI=1S/C42H51N7O5S/c1-5-46-24-32-21-31(46)25-47(32)42(51)36-22-43-49(30-12-9-13-30)39(36)29-18-28-19-33(54-4)15-17-34(28)40-38(26-10-7-6-8-11-26)35-16-14-27(20-37(35)48(40)23-29)41(50)44-55(52,53)45(2)3/h14-20,22,26,30-32H,5-13,21,23-25H2,1-4H3,(H,44,50)/t31-,32-/m0/s1. The first-order valence-corrected chi connectivity index (χ1v) is 21.4. The number of allylic oxidation sites excluding steroid dienone is 1. The summed E-state index contributed by atoms with van der Waals surface area (Å²) in [6.45, 7) is 5.26. The maximum atomic E-state index is 14.7. The number of nitrogens with one attached hydrogen (secondary N) is 1. The highest BCUT2D eigenvalue weighted by Crippen LogP contribution is 2.48. The van der Waals surface area contributed by atoms with Gasteiger partial charge in [-0.1, -0.05) is 32.3 Å². The molecule has 12 nitrogen and oxygen atoms in total. The smallest absolute Gasteiger partial charge is 0.303 e. The summed E-state index contributed by atoms with van der Waals surface area (Å²) < 4.78 is 38.9. The van der Waals surface area contributed by atoms with Crippen LogP contribution in [0.25, 0.3) is 33.8 Å². The molecule has 4 aromatic rings. The number of piperazine rings is 1. The van der Waals surface area contributed by atoms with Crippen LogP contribution in [0.1, 0.15) is 114 Å². The van der Waals surface area contributed by atoms with E-state index in [0.717, 1.165) is 120 Å². The molecule has 2 aromatic heterocycles. The third-order valence-electron chi connectivity index (χ3n) is 13.0. The number of rotatable bonds is 9. The van der Waals surface area contributed by atoms with E-state index in [9.17, 15) is 18.0 Å². The summed E-state index contributed by atoms with van der Waals surface area (Å²) in [7, 11) is 0.469. The van der Waals surface area contributed by atoms with Crippen LogP contribution in [0.5, 0.6) is 5.75 Å². The molecule has 9 rings (SSSR count). The van der Waals surface area contributed by atoms with Gasteiger partial charge in [-0.2, -0.15) is 17.8 Å². The molecule has 2 saturated carbocycles. The summed E-state index contributed by atoms with van der Waals surface area (Å²) in [5.74, 6) is 0.430. The predicted octanol–water partition coefficient (Wildman–Crippen LogP) is 6.30. The van der Waals surface area contributed by atoms with Gasteiger partial charge in [0.2, 0.25) is 0 Å². The number of aromatic nitrogens is 3.